The van der Waals surface area contributed by atoms with Crippen molar-refractivity contribution in [3.05, 3.63) is 93.0 Å². The van der Waals surface area contributed by atoms with Gasteiger partial charge >= 0.3 is 12.0 Å². The first kappa shape index (κ1) is 26.8. The van der Waals surface area contributed by atoms with Gasteiger partial charge < -0.3 is 15.4 Å². The Morgan fingerprint density at radius 1 is 0.921 bits per heavy atom. The maximum Gasteiger partial charge on any atom is 0.338 e. The Labute approximate surface area is 228 Å². The van der Waals surface area contributed by atoms with E-state index in [0.717, 1.165) is 11.1 Å². The van der Waals surface area contributed by atoms with Gasteiger partial charge in [0.25, 0.3) is 5.56 Å². The molecule has 0 radical (unpaired) electrons. The summed E-state index contributed by atoms with van der Waals surface area (Å²) in [7, 11) is 0. The first-order valence-corrected chi connectivity index (χ1v) is 12.4. The third-order valence-corrected chi connectivity index (χ3v) is 6.05. The molecule has 2 aromatic heterocycles. The average molecular weight is 552 g/mol. The highest BCUT2D eigenvalue weighted by Gasteiger charge is 2.15. The maximum absolute atomic E-state index is 12.9. The summed E-state index contributed by atoms with van der Waals surface area (Å²) >= 11 is 12.2. The van der Waals surface area contributed by atoms with Crippen LogP contribution >= 0.6 is 23.2 Å². The van der Waals surface area contributed by atoms with Crippen molar-refractivity contribution >= 4 is 46.6 Å². The van der Waals surface area contributed by atoms with Gasteiger partial charge in [-0.2, -0.15) is 5.10 Å². The predicted octanol–water partition coefficient (Wildman–Crippen LogP) is 6.12. The molecular weight excluding hydrogens is 529 g/mol. The molecule has 0 fully saturated rings. The number of halogens is 2. The number of nitrogens with zero attached hydrogens (tertiary/aromatic N) is 3. The summed E-state index contributed by atoms with van der Waals surface area (Å²) in [6.07, 6.45) is 2.68. The van der Waals surface area contributed by atoms with Gasteiger partial charge in [-0.1, -0.05) is 53.5 Å². The lowest BCUT2D eigenvalue weighted by Crippen LogP contribution is -2.29. The Hall–Kier alpha value is -4.21. The number of pyridine rings is 1. The molecule has 11 heteroatoms. The van der Waals surface area contributed by atoms with Gasteiger partial charge in [-0.15, -0.1) is 0 Å². The first-order valence-electron chi connectivity index (χ1n) is 11.7. The summed E-state index contributed by atoms with van der Waals surface area (Å²) in [4.78, 5) is 41.6. The zero-order valence-corrected chi connectivity index (χ0v) is 22.0. The summed E-state index contributed by atoms with van der Waals surface area (Å²) in [5.74, 6) is -0.398. The average Bonchev–Trinajstić information content (AvgIpc) is 2.92. The van der Waals surface area contributed by atoms with E-state index in [1.807, 2.05) is 30.3 Å². The second kappa shape index (κ2) is 11.9. The van der Waals surface area contributed by atoms with Crippen molar-refractivity contribution in [2.45, 2.75) is 20.4 Å². The lowest BCUT2D eigenvalue weighted by molar-refractivity contribution is 0.0526. The number of benzene rings is 2. The minimum absolute atomic E-state index is 0.0189. The molecule has 2 heterocycles. The summed E-state index contributed by atoms with van der Waals surface area (Å²) in [5, 5.41) is 9.86. The summed E-state index contributed by atoms with van der Waals surface area (Å²) in [5.41, 5.74) is 2.97. The molecule has 0 saturated heterocycles. The third-order valence-electron chi connectivity index (χ3n) is 5.48. The molecule has 194 valence electrons. The largest absolute Gasteiger partial charge is 0.462 e. The highest BCUT2D eigenvalue weighted by Crippen LogP contribution is 2.29. The molecule has 0 unspecified atom stereocenters. The number of carbonyl (C=O) groups is 2. The fraction of sp³-hybridized carbons (Fsp3) is 0.148. The van der Waals surface area contributed by atoms with Gasteiger partial charge in [-0.3, -0.25) is 9.78 Å². The van der Waals surface area contributed by atoms with E-state index in [4.69, 9.17) is 27.9 Å². The van der Waals surface area contributed by atoms with Crippen LogP contribution in [-0.2, 0) is 11.3 Å². The zero-order valence-electron chi connectivity index (χ0n) is 20.5. The van der Waals surface area contributed by atoms with Crippen LogP contribution in [0.5, 0.6) is 0 Å². The fourth-order valence-corrected chi connectivity index (χ4v) is 4.14. The number of aryl methyl sites for hydroxylation is 1. The van der Waals surface area contributed by atoms with Gasteiger partial charge in [0.15, 0.2) is 0 Å². The van der Waals surface area contributed by atoms with Crippen LogP contribution in [0, 0.1) is 0 Å². The second-order valence-corrected chi connectivity index (χ2v) is 8.82. The molecule has 9 nitrogen and oxygen atoms in total. The molecule has 0 aliphatic rings. The third kappa shape index (κ3) is 6.01. The molecule has 0 bridgehead atoms. The molecule has 2 amide bonds. The lowest BCUT2D eigenvalue weighted by atomic mass is 10.00. The number of amides is 2. The molecule has 0 aliphatic heterocycles. The highest BCUT2D eigenvalue weighted by molar-refractivity contribution is 6.39. The Bertz CT molecular complexity index is 1550. The number of urea groups is 1. The molecule has 2 aromatic carbocycles. The van der Waals surface area contributed by atoms with E-state index in [0.29, 0.717) is 16.8 Å². The van der Waals surface area contributed by atoms with Gasteiger partial charge in [0.2, 0.25) is 0 Å². The molecule has 0 aliphatic carbocycles. The van der Waals surface area contributed by atoms with Crippen LogP contribution < -0.4 is 16.2 Å². The van der Waals surface area contributed by atoms with Crippen LogP contribution in [0.15, 0.2) is 71.8 Å². The van der Waals surface area contributed by atoms with Crippen LogP contribution in [0.25, 0.3) is 22.4 Å². The monoisotopic (exact) mass is 551 g/mol. The van der Waals surface area contributed by atoms with Crippen LogP contribution in [0.4, 0.5) is 16.2 Å². The Morgan fingerprint density at radius 2 is 1.58 bits per heavy atom. The summed E-state index contributed by atoms with van der Waals surface area (Å²) < 4.78 is 6.36. The molecule has 2 N–H and O–H groups in total. The molecule has 4 aromatic rings. The van der Waals surface area contributed by atoms with Gasteiger partial charge in [0, 0.05) is 24.5 Å². The number of hydrogen-bond donors (Lipinski definition) is 2. The number of anilines is 2. The van der Waals surface area contributed by atoms with Gasteiger partial charge in [0.05, 0.1) is 33.6 Å². The van der Waals surface area contributed by atoms with Crippen LogP contribution in [0.3, 0.4) is 0 Å². The molecule has 0 atom stereocenters. The van der Waals surface area contributed by atoms with E-state index in [1.165, 1.54) is 23.1 Å². The number of aromatic nitrogens is 3. The quantitative estimate of drug-likeness (QED) is 0.267. The van der Waals surface area contributed by atoms with Crippen LogP contribution in [0.2, 0.25) is 10.0 Å². The highest BCUT2D eigenvalue weighted by atomic mass is 35.5. The SMILES string of the molecule is CCOC(=O)c1cccc(-c2cccc(-c3cc(NC(=O)Nc4c(Cl)cncc4Cl)c(=O)n(CC)n3)c2)c1. The number of carbonyl (C=O) groups excluding carboxylic acids is 2. The van der Waals surface area contributed by atoms with E-state index in [1.54, 1.807) is 32.0 Å². The van der Waals surface area contributed by atoms with Crippen molar-refractivity contribution in [2.24, 2.45) is 0 Å². The summed E-state index contributed by atoms with van der Waals surface area (Å²) in [6, 6.07) is 15.4. The molecule has 38 heavy (non-hydrogen) atoms. The minimum atomic E-state index is -0.707. The first-order chi connectivity index (χ1) is 18.3. The van der Waals surface area contributed by atoms with Crippen molar-refractivity contribution < 1.29 is 14.3 Å². The van der Waals surface area contributed by atoms with Crippen LogP contribution in [0.1, 0.15) is 24.2 Å². The predicted molar refractivity (Wildman–Crippen MR) is 148 cm³/mol. The Morgan fingerprint density at radius 3 is 2.26 bits per heavy atom. The molecule has 4 rings (SSSR count). The fourth-order valence-electron chi connectivity index (χ4n) is 3.68. The normalized spacial score (nSPS) is 10.6. The van der Waals surface area contributed by atoms with Crippen LogP contribution in [-0.4, -0.2) is 33.4 Å². The minimum Gasteiger partial charge on any atom is -0.462 e. The lowest BCUT2D eigenvalue weighted by Gasteiger charge is -2.13. The molecule has 0 spiro atoms. The second-order valence-electron chi connectivity index (χ2n) is 8.00. The summed E-state index contributed by atoms with van der Waals surface area (Å²) in [6.45, 7) is 4.10. The maximum atomic E-state index is 12.9. The zero-order chi connectivity index (χ0) is 27.2. The number of rotatable bonds is 7. The Kier molecular flexibility index (Phi) is 8.40. The number of ether oxygens (including phenoxy) is 1. The smallest absolute Gasteiger partial charge is 0.338 e. The van der Waals surface area contributed by atoms with Crippen molar-refractivity contribution in [2.75, 3.05) is 17.2 Å². The van der Waals surface area contributed by atoms with E-state index in [9.17, 15) is 14.4 Å². The molecule has 0 saturated carbocycles. The van der Waals surface area contributed by atoms with Crippen molar-refractivity contribution in [1.82, 2.24) is 14.8 Å². The van der Waals surface area contributed by atoms with Gasteiger partial charge in [0.1, 0.15) is 5.69 Å². The van der Waals surface area contributed by atoms with E-state index < -0.39 is 17.6 Å². The van der Waals surface area contributed by atoms with E-state index in [2.05, 4.69) is 20.7 Å². The van der Waals surface area contributed by atoms with E-state index >= 15 is 0 Å². The van der Waals surface area contributed by atoms with Crippen molar-refractivity contribution in [3.63, 3.8) is 0 Å². The van der Waals surface area contributed by atoms with Crippen molar-refractivity contribution in [3.8, 4) is 22.4 Å². The Balaban J connectivity index is 1.66. The van der Waals surface area contributed by atoms with E-state index in [-0.39, 0.29) is 34.6 Å². The standard InChI is InChI=1S/C27H23Cl2N5O4/c1-3-34-25(35)23(31-27(37)32-24-20(28)14-30-15-21(24)29)13-22(33-34)18-9-5-7-16(11-18)17-8-6-10-19(12-17)26(36)38-4-2/h5-15H,3-4H2,1-2H3,(H2,30,31,32,37). The number of hydrogen-bond acceptors (Lipinski definition) is 6. The van der Waals surface area contributed by atoms with Crippen molar-refractivity contribution in [1.29, 1.82) is 0 Å². The van der Waals surface area contributed by atoms with Gasteiger partial charge in [-0.05, 0) is 49.2 Å². The number of esters is 1. The number of nitrogens with one attached hydrogen (secondary N) is 2. The van der Waals surface area contributed by atoms with Gasteiger partial charge in [-0.25, -0.2) is 14.3 Å². The topological polar surface area (TPSA) is 115 Å². The molecular formula is C27H23Cl2N5O4.